The van der Waals surface area contributed by atoms with E-state index < -0.39 is 5.60 Å². The molecule has 3 unspecified atom stereocenters. The number of ether oxygens (including phenoxy) is 1. The zero-order valence-corrected chi connectivity index (χ0v) is 14.3. The molecule has 1 fully saturated rings. The third-order valence-corrected chi connectivity index (χ3v) is 4.55. The first kappa shape index (κ1) is 17.6. The molecular formula is C15H30N2O2S. The number of thioether (sulfide) groups is 1. The number of nitrogens with one attached hydrogen (secondary N) is 2. The molecular weight excluding hydrogens is 272 g/mol. The summed E-state index contributed by atoms with van der Waals surface area (Å²) in [7, 11) is 0. The fraction of sp³-hybridized carbons (Fsp3) is 0.933. The Hall–Kier alpha value is -0.420. The van der Waals surface area contributed by atoms with Crippen molar-refractivity contribution in [2.45, 2.75) is 76.8 Å². The molecule has 0 bridgehead atoms. The van der Waals surface area contributed by atoms with Gasteiger partial charge in [-0.2, -0.15) is 11.8 Å². The number of alkyl carbamates (subject to hydrolysis) is 1. The lowest BCUT2D eigenvalue weighted by Crippen LogP contribution is -2.46. The summed E-state index contributed by atoms with van der Waals surface area (Å²) < 4.78 is 5.27. The molecule has 0 radical (unpaired) electrons. The van der Waals surface area contributed by atoms with Crippen LogP contribution in [0.4, 0.5) is 4.79 Å². The molecule has 3 atom stereocenters. The quantitative estimate of drug-likeness (QED) is 0.791. The Bertz CT molecular complexity index is 305. The Balaban J connectivity index is 2.33. The zero-order valence-electron chi connectivity index (χ0n) is 13.5. The maximum atomic E-state index is 11.7. The summed E-state index contributed by atoms with van der Waals surface area (Å²) in [6.07, 6.45) is 3.08. The van der Waals surface area contributed by atoms with Crippen LogP contribution in [0.2, 0.25) is 0 Å². The van der Waals surface area contributed by atoms with Gasteiger partial charge in [0.15, 0.2) is 0 Å². The fourth-order valence-electron chi connectivity index (χ4n) is 2.38. The minimum absolute atomic E-state index is 0.324. The number of hydrogen-bond acceptors (Lipinski definition) is 4. The van der Waals surface area contributed by atoms with Crippen molar-refractivity contribution in [2.75, 3.05) is 12.3 Å². The first-order valence-electron chi connectivity index (χ1n) is 7.64. The summed E-state index contributed by atoms with van der Waals surface area (Å²) in [6, 6.07) is 0.912. The number of carbonyl (C=O) groups is 1. The molecule has 20 heavy (non-hydrogen) atoms. The van der Waals surface area contributed by atoms with E-state index in [1.807, 2.05) is 32.5 Å². The van der Waals surface area contributed by atoms with Crippen LogP contribution >= 0.6 is 11.8 Å². The van der Waals surface area contributed by atoms with Crippen LogP contribution in [0.15, 0.2) is 0 Å². The van der Waals surface area contributed by atoms with Crippen LogP contribution in [0.5, 0.6) is 0 Å². The molecule has 2 N–H and O–H groups in total. The first-order chi connectivity index (χ1) is 9.30. The molecule has 1 saturated heterocycles. The Labute approximate surface area is 127 Å². The minimum Gasteiger partial charge on any atom is -0.444 e. The lowest BCUT2D eigenvalue weighted by atomic mass is 10.1. The van der Waals surface area contributed by atoms with Gasteiger partial charge in [-0.1, -0.05) is 20.3 Å². The molecule has 0 spiro atoms. The van der Waals surface area contributed by atoms with Gasteiger partial charge in [0.25, 0.3) is 0 Å². The molecule has 1 rings (SSSR count). The van der Waals surface area contributed by atoms with Gasteiger partial charge in [-0.25, -0.2) is 4.79 Å². The number of amides is 1. The van der Waals surface area contributed by atoms with E-state index in [1.54, 1.807) is 0 Å². The van der Waals surface area contributed by atoms with Crippen LogP contribution < -0.4 is 10.6 Å². The second kappa shape index (κ2) is 8.13. The van der Waals surface area contributed by atoms with Crippen molar-refractivity contribution in [3.8, 4) is 0 Å². The predicted molar refractivity (Wildman–Crippen MR) is 86.4 cm³/mol. The molecule has 5 heteroatoms. The Morgan fingerprint density at radius 1 is 1.45 bits per heavy atom. The highest BCUT2D eigenvalue weighted by Gasteiger charge is 2.24. The van der Waals surface area contributed by atoms with E-state index in [-0.39, 0.29) is 6.09 Å². The zero-order chi connectivity index (χ0) is 15.2. The average molecular weight is 302 g/mol. The smallest absolute Gasteiger partial charge is 0.407 e. The monoisotopic (exact) mass is 302 g/mol. The Morgan fingerprint density at radius 3 is 2.65 bits per heavy atom. The second-order valence-electron chi connectivity index (χ2n) is 6.61. The van der Waals surface area contributed by atoms with Crippen LogP contribution in [0, 0.1) is 0 Å². The SMILES string of the molecule is CCCC(CNC(=O)OC(C)(C)C)NC1CSC(C)C1. The number of hydrogen-bond donors (Lipinski definition) is 2. The molecule has 1 heterocycles. The number of rotatable bonds is 6. The van der Waals surface area contributed by atoms with Crippen LogP contribution in [0.25, 0.3) is 0 Å². The van der Waals surface area contributed by atoms with E-state index >= 15 is 0 Å². The summed E-state index contributed by atoms with van der Waals surface area (Å²) in [5, 5.41) is 7.30. The molecule has 1 aliphatic rings. The van der Waals surface area contributed by atoms with E-state index in [9.17, 15) is 4.79 Å². The average Bonchev–Trinajstić information content (AvgIpc) is 2.70. The van der Waals surface area contributed by atoms with Crippen molar-refractivity contribution >= 4 is 17.9 Å². The van der Waals surface area contributed by atoms with Gasteiger partial charge < -0.3 is 15.4 Å². The third kappa shape index (κ3) is 7.39. The van der Waals surface area contributed by atoms with Crippen molar-refractivity contribution in [1.29, 1.82) is 0 Å². The number of carbonyl (C=O) groups excluding carboxylic acids is 1. The second-order valence-corrected chi connectivity index (χ2v) is 8.08. The third-order valence-electron chi connectivity index (χ3n) is 3.20. The Morgan fingerprint density at radius 2 is 2.15 bits per heavy atom. The largest absolute Gasteiger partial charge is 0.444 e. The van der Waals surface area contributed by atoms with Crippen LogP contribution in [-0.2, 0) is 4.74 Å². The molecule has 118 valence electrons. The highest BCUT2D eigenvalue weighted by Crippen LogP contribution is 2.26. The van der Waals surface area contributed by atoms with Gasteiger partial charge in [0.2, 0.25) is 0 Å². The van der Waals surface area contributed by atoms with Gasteiger partial charge in [0.05, 0.1) is 0 Å². The maximum Gasteiger partial charge on any atom is 0.407 e. The highest BCUT2D eigenvalue weighted by molar-refractivity contribution is 8.00. The van der Waals surface area contributed by atoms with Crippen molar-refractivity contribution in [2.24, 2.45) is 0 Å². The van der Waals surface area contributed by atoms with E-state index in [1.165, 1.54) is 12.2 Å². The lowest BCUT2D eigenvalue weighted by Gasteiger charge is -2.24. The van der Waals surface area contributed by atoms with E-state index in [4.69, 9.17) is 4.74 Å². The Kier molecular flexibility index (Phi) is 7.17. The molecule has 1 aliphatic heterocycles. The summed E-state index contributed by atoms with van der Waals surface area (Å²) in [5.41, 5.74) is -0.435. The molecule has 0 aromatic heterocycles. The molecule has 4 nitrogen and oxygen atoms in total. The molecule has 0 aromatic rings. The van der Waals surface area contributed by atoms with E-state index in [0.29, 0.717) is 18.6 Å². The van der Waals surface area contributed by atoms with Crippen molar-refractivity contribution in [3.05, 3.63) is 0 Å². The van der Waals surface area contributed by atoms with Crippen LogP contribution in [-0.4, -0.2) is 41.3 Å². The van der Waals surface area contributed by atoms with Crippen molar-refractivity contribution < 1.29 is 9.53 Å². The lowest BCUT2D eigenvalue weighted by molar-refractivity contribution is 0.0521. The van der Waals surface area contributed by atoms with Crippen molar-refractivity contribution in [1.82, 2.24) is 10.6 Å². The normalized spacial score (nSPS) is 24.4. The van der Waals surface area contributed by atoms with Crippen LogP contribution in [0.3, 0.4) is 0 Å². The van der Waals surface area contributed by atoms with Gasteiger partial charge in [0.1, 0.15) is 5.60 Å². The van der Waals surface area contributed by atoms with Gasteiger partial charge in [-0.05, 0) is 33.6 Å². The molecule has 0 aromatic carbocycles. The van der Waals surface area contributed by atoms with Gasteiger partial charge in [-0.15, -0.1) is 0 Å². The van der Waals surface area contributed by atoms with E-state index in [0.717, 1.165) is 18.1 Å². The first-order valence-corrected chi connectivity index (χ1v) is 8.69. The maximum absolute atomic E-state index is 11.7. The summed E-state index contributed by atoms with van der Waals surface area (Å²) >= 11 is 2.02. The van der Waals surface area contributed by atoms with Crippen LogP contribution in [0.1, 0.15) is 53.9 Å². The molecule has 0 saturated carbocycles. The fourth-order valence-corrected chi connectivity index (χ4v) is 3.54. The molecule has 0 aliphatic carbocycles. The minimum atomic E-state index is -0.435. The summed E-state index contributed by atoms with van der Waals surface area (Å²) in [6.45, 7) is 10.7. The predicted octanol–water partition coefficient (Wildman–Crippen LogP) is 3.16. The summed E-state index contributed by atoms with van der Waals surface area (Å²) in [5.74, 6) is 1.17. The highest BCUT2D eigenvalue weighted by atomic mass is 32.2. The van der Waals surface area contributed by atoms with Gasteiger partial charge >= 0.3 is 6.09 Å². The van der Waals surface area contributed by atoms with Gasteiger partial charge in [-0.3, -0.25) is 0 Å². The van der Waals surface area contributed by atoms with Crippen molar-refractivity contribution in [3.63, 3.8) is 0 Å². The standard InChI is InChI=1S/C15H30N2O2S/c1-6-7-12(17-13-8-11(2)20-10-13)9-16-14(18)19-15(3,4)5/h11-13,17H,6-10H2,1-5H3,(H,16,18). The van der Waals surface area contributed by atoms with Gasteiger partial charge in [0, 0.05) is 29.6 Å². The molecule has 1 amide bonds. The summed E-state index contributed by atoms with van der Waals surface area (Å²) in [4.78, 5) is 11.7. The topological polar surface area (TPSA) is 50.4 Å². The van der Waals surface area contributed by atoms with E-state index in [2.05, 4.69) is 24.5 Å².